The number of imidazole rings is 1. The fraction of sp³-hybridized carbons (Fsp3) is 0.263. The Morgan fingerprint density at radius 2 is 1.46 bits per heavy atom. The molecule has 0 radical (unpaired) electrons. The monoisotopic (exact) mass is 372 g/mol. The Labute approximate surface area is 151 Å². The van der Waals surface area contributed by atoms with Crippen molar-refractivity contribution in [3.63, 3.8) is 0 Å². The number of aromatic nitrogens is 2. The van der Waals surface area contributed by atoms with E-state index in [0.717, 1.165) is 10.1 Å². The zero-order chi connectivity index (χ0) is 19.3. The summed E-state index contributed by atoms with van der Waals surface area (Å²) in [5.74, 6) is -0.462. The van der Waals surface area contributed by atoms with Crippen molar-refractivity contribution in [1.82, 2.24) is 8.54 Å². The van der Waals surface area contributed by atoms with Crippen LogP contribution in [0.1, 0.15) is 31.1 Å². The van der Waals surface area contributed by atoms with Crippen molar-refractivity contribution in [2.24, 2.45) is 5.41 Å². The molecule has 0 bridgehead atoms. The Bertz CT molecular complexity index is 1160. The molecule has 1 aromatic heterocycles. The van der Waals surface area contributed by atoms with E-state index < -0.39 is 27.0 Å². The average molecular weight is 372 g/mol. The Kier molecular flexibility index (Phi) is 4.15. The van der Waals surface area contributed by atoms with Crippen LogP contribution in [-0.4, -0.2) is 22.9 Å². The standard InChI is InChI=1S/C19H20N2O4S/c1-13-9-11-14(12-10-13)26(24,25)21-16-8-6-5-7-15(16)20(18(21)23)17(22)19(2,3)4/h5-12H,1-4H3. The minimum absolute atomic E-state index is 0.00342. The molecule has 0 saturated carbocycles. The molecule has 26 heavy (non-hydrogen) atoms. The molecule has 7 heteroatoms. The van der Waals surface area contributed by atoms with Crippen molar-refractivity contribution < 1.29 is 13.2 Å². The van der Waals surface area contributed by atoms with Gasteiger partial charge in [-0.3, -0.25) is 4.79 Å². The lowest BCUT2D eigenvalue weighted by Crippen LogP contribution is -2.37. The van der Waals surface area contributed by atoms with Crippen molar-refractivity contribution in [2.75, 3.05) is 0 Å². The fourth-order valence-electron chi connectivity index (χ4n) is 2.70. The van der Waals surface area contributed by atoms with E-state index in [4.69, 9.17) is 0 Å². The number of carbonyl (C=O) groups is 1. The van der Waals surface area contributed by atoms with Gasteiger partial charge in [-0.25, -0.2) is 17.8 Å². The fourth-order valence-corrected chi connectivity index (χ4v) is 4.09. The predicted molar refractivity (Wildman–Crippen MR) is 100 cm³/mol. The maximum Gasteiger partial charge on any atom is 0.350 e. The largest absolute Gasteiger partial charge is 0.350 e. The minimum atomic E-state index is -4.14. The van der Waals surface area contributed by atoms with E-state index in [2.05, 4.69) is 0 Å². The summed E-state index contributed by atoms with van der Waals surface area (Å²) >= 11 is 0. The molecule has 136 valence electrons. The van der Waals surface area contributed by atoms with Crippen LogP contribution >= 0.6 is 0 Å². The highest BCUT2D eigenvalue weighted by atomic mass is 32.2. The smallest absolute Gasteiger partial charge is 0.273 e. The third-order valence-electron chi connectivity index (χ3n) is 4.11. The summed E-state index contributed by atoms with van der Waals surface area (Å²) in [7, 11) is -4.14. The van der Waals surface area contributed by atoms with Gasteiger partial charge < -0.3 is 0 Å². The number of hydrogen-bond acceptors (Lipinski definition) is 4. The van der Waals surface area contributed by atoms with Crippen LogP contribution in [0.25, 0.3) is 11.0 Å². The molecule has 0 spiro atoms. The average Bonchev–Trinajstić information content (AvgIpc) is 2.86. The van der Waals surface area contributed by atoms with Crippen molar-refractivity contribution in [3.8, 4) is 0 Å². The number of aryl methyl sites for hydroxylation is 1. The number of fused-ring (bicyclic) bond motifs is 1. The Balaban J connectivity index is 2.38. The molecule has 0 aliphatic heterocycles. The number of hydrogen-bond donors (Lipinski definition) is 0. The molecule has 0 saturated heterocycles. The van der Waals surface area contributed by atoms with Gasteiger partial charge in [0.05, 0.1) is 15.9 Å². The lowest BCUT2D eigenvalue weighted by atomic mass is 9.95. The Hall–Kier alpha value is -2.67. The maximum absolute atomic E-state index is 13.1. The van der Waals surface area contributed by atoms with E-state index in [-0.39, 0.29) is 15.9 Å². The molecule has 0 atom stereocenters. The van der Waals surface area contributed by atoms with Gasteiger partial charge in [0.2, 0.25) is 5.91 Å². The normalized spacial score (nSPS) is 12.5. The van der Waals surface area contributed by atoms with Gasteiger partial charge in [-0.15, -0.1) is 0 Å². The molecular weight excluding hydrogens is 352 g/mol. The van der Waals surface area contributed by atoms with Crippen LogP contribution in [0.5, 0.6) is 0 Å². The van der Waals surface area contributed by atoms with Crippen molar-refractivity contribution in [1.29, 1.82) is 0 Å². The van der Waals surface area contributed by atoms with Crippen LogP contribution in [-0.2, 0) is 10.0 Å². The third kappa shape index (κ3) is 2.78. The summed E-state index contributed by atoms with van der Waals surface area (Å²) in [5.41, 5.74) is -0.371. The van der Waals surface area contributed by atoms with E-state index in [1.165, 1.54) is 18.2 Å². The number of carbonyl (C=O) groups excluding carboxylic acids is 1. The zero-order valence-electron chi connectivity index (χ0n) is 15.1. The summed E-state index contributed by atoms with van der Waals surface area (Å²) in [6, 6.07) is 12.6. The van der Waals surface area contributed by atoms with Gasteiger partial charge in [-0.2, -0.15) is 3.97 Å². The first-order valence-electron chi connectivity index (χ1n) is 8.15. The number of benzene rings is 2. The van der Waals surface area contributed by atoms with Gasteiger partial charge in [0, 0.05) is 5.41 Å². The minimum Gasteiger partial charge on any atom is -0.273 e. The van der Waals surface area contributed by atoms with Gasteiger partial charge in [-0.1, -0.05) is 50.6 Å². The molecule has 1 heterocycles. The highest BCUT2D eigenvalue weighted by molar-refractivity contribution is 7.90. The predicted octanol–water partition coefficient (Wildman–Crippen LogP) is 3.03. The van der Waals surface area contributed by atoms with Crippen LogP contribution in [0.4, 0.5) is 0 Å². The lowest BCUT2D eigenvalue weighted by Gasteiger charge is -2.16. The first kappa shape index (κ1) is 18.1. The van der Waals surface area contributed by atoms with E-state index in [9.17, 15) is 18.0 Å². The molecule has 0 aliphatic carbocycles. The molecule has 2 aromatic carbocycles. The first-order chi connectivity index (χ1) is 12.0. The molecule has 0 unspecified atom stereocenters. The summed E-state index contributed by atoms with van der Waals surface area (Å²) in [6.45, 7) is 6.89. The van der Waals surface area contributed by atoms with Gasteiger partial charge in [0.15, 0.2) is 0 Å². The molecule has 6 nitrogen and oxygen atoms in total. The molecule has 0 N–H and O–H groups in total. The number of rotatable bonds is 2. The van der Waals surface area contributed by atoms with E-state index in [0.29, 0.717) is 3.97 Å². The zero-order valence-corrected chi connectivity index (χ0v) is 15.9. The van der Waals surface area contributed by atoms with Crippen LogP contribution < -0.4 is 5.69 Å². The summed E-state index contributed by atoms with van der Waals surface area (Å²) in [4.78, 5) is 25.8. The Morgan fingerprint density at radius 3 is 2.00 bits per heavy atom. The quantitative estimate of drug-likeness (QED) is 0.693. The lowest BCUT2D eigenvalue weighted by molar-refractivity contribution is 0.0767. The Morgan fingerprint density at radius 1 is 0.923 bits per heavy atom. The number of nitrogens with zero attached hydrogens (tertiary/aromatic N) is 2. The molecule has 0 fully saturated rings. The molecule has 3 rings (SSSR count). The summed E-state index contributed by atoms with van der Waals surface area (Å²) < 4.78 is 27.9. The first-order valence-corrected chi connectivity index (χ1v) is 9.59. The second-order valence-electron chi connectivity index (χ2n) is 7.24. The maximum atomic E-state index is 13.1. The van der Waals surface area contributed by atoms with E-state index >= 15 is 0 Å². The van der Waals surface area contributed by atoms with Crippen molar-refractivity contribution >= 4 is 27.0 Å². The van der Waals surface area contributed by atoms with Crippen LogP contribution in [0.2, 0.25) is 0 Å². The van der Waals surface area contributed by atoms with Crippen molar-refractivity contribution in [3.05, 3.63) is 64.6 Å². The van der Waals surface area contributed by atoms with Gasteiger partial charge >= 0.3 is 5.69 Å². The molecule has 0 amide bonds. The van der Waals surface area contributed by atoms with Crippen LogP contribution in [0.15, 0.2) is 58.2 Å². The number of para-hydroxylation sites is 2. The topological polar surface area (TPSA) is 78.1 Å². The van der Waals surface area contributed by atoms with Crippen LogP contribution in [0, 0.1) is 12.3 Å². The van der Waals surface area contributed by atoms with Gasteiger partial charge in [-0.05, 0) is 31.2 Å². The highest BCUT2D eigenvalue weighted by Crippen LogP contribution is 2.23. The van der Waals surface area contributed by atoms with E-state index in [1.54, 1.807) is 51.1 Å². The molecular formula is C19H20N2O4S. The molecule has 3 aromatic rings. The SMILES string of the molecule is Cc1ccc(S(=O)(=O)n2c(=O)n(C(=O)C(C)(C)C)c3ccccc32)cc1. The summed E-state index contributed by atoms with van der Waals surface area (Å²) in [6.07, 6.45) is 0. The van der Waals surface area contributed by atoms with Gasteiger partial charge in [0.25, 0.3) is 10.0 Å². The van der Waals surface area contributed by atoms with Gasteiger partial charge in [0.1, 0.15) is 0 Å². The second-order valence-corrected chi connectivity index (χ2v) is 9.03. The summed E-state index contributed by atoms with van der Waals surface area (Å²) in [5, 5.41) is 0. The third-order valence-corrected chi connectivity index (χ3v) is 5.81. The van der Waals surface area contributed by atoms with Crippen LogP contribution in [0.3, 0.4) is 0 Å². The second kappa shape index (κ2) is 5.95. The van der Waals surface area contributed by atoms with E-state index in [1.807, 2.05) is 6.92 Å². The molecule has 0 aliphatic rings. The van der Waals surface area contributed by atoms with Crippen molar-refractivity contribution in [2.45, 2.75) is 32.6 Å². The highest BCUT2D eigenvalue weighted by Gasteiger charge is 2.31.